The van der Waals surface area contributed by atoms with E-state index in [1.807, 2.05) is 24.0 Å². The molecule has 1 aromatic carbocycles. The van der Waals surface area contributed by atoms with E-state index in [1.54, 1.807) is 13.0 Å². The molecule has 2 aromatic heterocycles. The van der Waals surface area contributed by atoms with E-state index < -0.39 is 0 Å². The first-order valence-electron chi connectivity index (χ1n) is 10.4. The summed E-state index contributed by atoms with van der Waals surface area (Å²) in [5.41, 5.74) is 2.73. The van der Waals surface area contributed by atoms with Crippen LogP contribution in [0, 0.1) is 25.7 Å². The topological polar surface area (TPSA) is 88.5 Å². The van der Waals surface area contributed by atoms with Gasteiger partial charge in [-0.05, 0) is 25.0 Å². The molecule has 3 atom stereocenters. The number of hydrogen-bond donors (Lipinski definition) is 0. The second-order valence-corrected chi connectivity index (χ2v) is 8.24. The Labute approximate surface area is 174 Å². The summed E-state index contributed by atoms with van der Waals surface area (Å²) in [4.78, 5) is 17.5. The van der Waals surface area contributed by atoms with Crippen LogP contribution in [0.25, 0.3) is 0 Å². The van der Waals surface area contributed by atoms with Crippen LogP contribution >= 0.6 is 0 Å². The highest BCUT2D eigenvalue weighted by Crippen LogP contribution is 2.47. The molecule has 0 N–H and O–H groups in total. The van der Waals surface area contributed by atoms with Crippen molar-refractivity contribution in [2.24, 2.45) is 11.8 Å². The van der Waals surface area contributed by atoms with Crippen LogP contribution in [-0.4, -0.2) is 45.8 Å². The van der Waals surface area contributed by atoms with Gasteiger partial charge in [-0.2, -0.15) is 0 Å². The maximum Gasteiger partial charge on any atom is 0.318 e. The highest BCUT2D eigenvalue weighted by Gasteiger charge is 2.50. The molecule has 0 radical (unpaired) electrons. The zero-order valence-corrected chi connectivity index (χ0v) is 17.4. The third-order valence-electron chi connectivity index (χ3n) is 6.31. The van der Waals surface area contributed by atoms with Crippen molar-refractivity contribution in [1.29, 1.82) is 0 Å². The van der Waals surface area contributed by atoms with Gasteiger partial charge < -0.3 is 18.7 Å². The van der Waals surface area contributed by atoms with Gasteiger partial charge in [-0.15, -0.1) is 5.10 Å². The molecule has 0 spiro atoms. The fourth-order valence-corrected chi connectivity index (χ4v) is 4.86. The van der Waals surface area contributed by atoms with E-state index in [0.717, 1.165) is 19.5 Å². The van der Waals surface area contributed by atoms with E-state index in [9.17, 15) is 4.79 Å². The zero-order valence-electron chi connectivity index (χ0n) is 17.4. The summed E-state index contributed by atoms with van der Waals surface area (Å²) < 4.78 is 11.0. The largest absolute Gasteiger partial charge is 0.408 e. The van der Waals surface area contributed by atoms with E-state index >= 15 is 0 Å². The number of aryl methyl sites for hydroxylation is 3. The molecule has 5 rings (SSSR count). The highest BCUT2D eigenvalue weighted by atomic mass is 16.5. The smallest absolute Gasteiger partial charge is 0.318 e. The molecule has 156 valence electrons. The SMILES string of the molecule is CCc1nnc(N2C[C@H]3CN(C(=O)c4cc(C)on4)[C@H](c4ccccc4C)[C@H]3C2)o1. The number of likely N-dealkylation sites (tertiary alicyclic amines) is 1. The van der Waals surface area contributed by atoms with Gasteiger partial charge in [0.2, 0.25) is 5.89 Å². The molecule has 8 heteroatoms. The molecule has 30 heavy (non-hydrogen) atoms. The first kappa shape index (κ1) is 18.8. The highest BCUT2D eigenvalue weighted by molar-refractivity contribution is 5.93. The molecule has 2 aliphatic rings. The molecule has 1 amide bonds. The van der Waals surface area contributed by atoms with E-state index in [-0.39, 0.29) is 17.9 Å². The van der Waals surface area contributed by atoms with Gasteiger partial charge in [-0.25, -0.2) is 0 Å². The lowest BCUT2D eigenvalue weighted by Gasteiger charge is -2.30. The van der Waals surface area contributed by atoms with Crippen LogP contribution < -0.4 is 4.90 Å². The number of fused-ring (bicyclic) bond motifs is 1. The summed E-state index contributed by atoms with van der Waals surface area (Å²) in [5, 5.41) is 12.3. The Morgan fingerprint density at radius 2 is 2.00 bits per heavy atom. The number of hydrogen-bond acceptors (Lipinski definition) is 7. The lowest BCUT2D eigenvalue weighted by Crippen LogP contribution is -2.36. The number of amides is 1. The Kier molecular flexibility index (Phi) is 4.56. The van der Waals surface area contributed by atoms with Crippen LogP contribution in [0.15, 0.2) is 39.3 Å². The Morgan fingerprint density at radius 1 is 1.17 bits per heavy atom. The summed E-state index contributed by atoms with van der Waals surface area (Å²) in [6, 6.07) is 10.6. The molecule has 0 bridgehead atoms. The molecule has 2 aliphatic heterocycles. The molecule has 2 saturated heterocycles. The molecule has 3 aromatic rings. The van der Waals surface area contributed by atoms with Gasteiger partial charge in [0, 0.05) is 44.0 Å². The standard InChI is InChI=1S/C22H25N5O3/c1-4-19-23-24-22(29-19)26-10-15-11-27(21(28)18-9-14(3)30-25-18)20(17(15)12-26)16-8-6-5-7-13(16)2/h5-9,15,17,20H,4,10-12H2,1-3H3/t15-,17-,20+/m0/s1. The Morgan fingerprint density at radius 3 is 2.70 bits per heavy atom. The number of benzene rings is 1. The number of aromatic nitrogens is 3. The Balaban J connectivity index is 1.47. The normalized spacial score (nSPS) is 23.2. The number of carbonyl (C=O) groups excluding carboxylic acids is 1. The summed E-state index contributed by atoms with van der Waals surface area (Å²) in [5.74, 6) is 1.81. The first-order valence-corrected chi connectivity index (χ1v) is 10.4. The molecular weight excluding hydrogens is 382 g/mol. The van der Waals surface area contributed by atoms with Crippen molar-refractivity contribution in [3.63, 3.8) is 0 Å². The third-order valence-corrected chi connectivity index (χ3v) is 6.31. The van der Waals surface area contributed by atoms with E-state index in [0.29, 0.717) is 35.8 Å². The molecule has 4 heterocycles. The minimum Gasteiger partial charge on any atom is -0.408 e. The monoisotopic (exact) mass is 407 g/mol. The Bertz CT molecular complexity index is 1070. The fourth-order valence-electron chi connectivity index (χ4n) is 4.86. The van der Waals surface area contributed by atoms with Gasteiger partial charge in [0.05, 0.1) is 6.04 Å². The van der Waals surface area contributed by atoms with E-state index in [2.05, 4.69) is 39.3 Å². The van der Waals surface area contributed by atoms with Crippen molar-refractivity contribution >= 4 is 11.9 Å². The van der Waals surface area contributed by atoms with Crippen LogP contribution in [0.5, 0.6) is 0 Å². The van der Waals surface area contributed by atoms with Crippen molar-refractivity contribution in [1.82, 2.24) is 20.3 Å². The van der Waals surface area contributed by atoms with Crippen molar-refractivity contribution in [2.75, 3.05) is 24.5 Å². The van der Waals surface area contributed by atoms with Crippen LogP contribution in [0.1, 0.15) is 46.2 Å². The lowest BCUT2D eigenvalue weighted by molar-refractivity contribution is 0.0704. The van der Waals surface area contributed by atoms with Crippen LogP contribution in [0.3, 0.4) is 0 Å². The second-order valence-electron chi connectivity index (χ2n) is 8.24. The second kappa shape index (κ2) is 7.27. The molecule has 2 fully saturated rings. The molecule has 0 unspecified atom stereocenters. The predicted molar refractivity (Wildman–Crippen MR) is 109 cm³/mol. The first-order chi connectivity index (χ1) is 14.5. The number of anilines is 1. The summed E-state index contributed by atoms with van der Waals surface area (Å²) in [6.07, 6.45) is 0.721. The third kappa shape index (κ3) is 3.07. The van der Waals surface area contributed by atoms with Crippen LogP contribution in [0.2, 0.25) is 0 Å². The van der Waals surface area contributed by atoms with Crippen molar-refractivity contribution in [3.8, 4) is 0 Å². The van der Waals surface area contributed by atoms with Crippen molar-refractivity contribution < 1.29 is 13.7 Å². The average molecular weight is 407 g/mol. The van der Waals surface area contributed by atoms with Gasteiger partial charge in [0.15, 0.2) is 5.69 Å². The Hall–Kier alpha value is -3.16. The van der Waals surface area contributed by atoms with Crippen LogP contribution in [-0.2, 0) is 6.42 Å². The summed E-state index contributed by atoms with van der Waals surface area (Å²) in [6.45, 7) is 8.13. The maximum atomic E-state index is 13.3. The van der Waals surface area contributed by atoms with Gasteiger partial charge in [0.1, 0.15) is 5.76 Å². The van der Waals surface area contributed by atoms with Gasteiger partial charge in [-0.1, -0.05) is 41.4 Å². The van der Waals surface area contributed by atoms with Gasteiger partial charge >= 0.3 is 6.01 Å². The molecule has 0 aliphatic carbocycles. The number of rotatable bonds is 4. The zero-order chi connectivity index (χ0) is 20.8. The fraction of sp³-hybridized carbons (Fsp3) is 0.455. The van der Waals surface area contributed by atoms with Crippen molar-refractivity contribution in [3.05, 3.63) is 58.8 Å². The minimum atomic E-state index is -0.0767. The predicted octanol–water partition coefficient (Wildman–Crippen LogP) is 3.19. The van der Waals surface area contributed by atoms with Crippen molar-refractivity contribution in [2.45, 2.75) is 33.2 Å². The lowest BCUT2D eigenvalue weighted by atomic mass is 9.87. The van der Waals surface area contributed by atoms with Gasteiger partial charge in [0.25, 0.3) is 5.91 Å². The van der Waals surface area contributed by atoms with E-state index in [4.69, 9.17) is 8.94 Å². The number of nitrogens with zero attached hydrogens (tertiary/aromatic N) is 5. The minimum absolute atomic E-state index is 0.0285. The summed E-state index contributed by atoms with van der Waals surface area (Å²) in [7, 11) is 0. The summed E-state index contributed by atoms with van der Waals surface area (Å²) >= 11 is 0. The molecule has 0 saturated carbocycles. The number of carbonyl (C=O) groups is 1. The average Bonchev–Trinajstić information content (AvgIpc) is 3.50. The quantitative estimate of drug-likeness (QED) is 0.656. The maximum absolute atomic E-state index is 13.3. The van der Waals surface area contributed by atoms with E-state index in [1.165, 1.54) is 11.1 Å². The molecular formula is C22H25N5O3. The van der Waals surface area contributed by atoms with Gasteiger partial charge in [-0.3, -0.25) is 4.79 Å². The molecule has 8 nitrogen and oxygen atoms in total. The van der Waals surface area contributed by atoms with Crippen LogP contribution in [0.4, 0.5) is 6.01 Å².